The number of carbonyl (C=O) groups excluding carboxylic acids is 1. The van der Waals surface area contributed by atoms with E-state index >= 15 is 0 Å². The lowest BCUT2D eigenvalue weighted by Crippen LogP contribution is -2.32. The molecule has 88 valence electrons. The van der Waals surface area contributed by atoms with Crippen LogP contribution in [0.2, 0.25) is 0 Å². The minimum atomic E-state index is 0.0446. The number of amides is 1. The van der Waals surface area contributed by atoms with Crippen molar-refractivity contribution in [2.24, 2.45) is 11.7 Å². The molecule has 1 unspecified atom stereocenters. The number of hydrogen-bond acceptors (Lipinski definition) is 4. The molecule has 16 heavy (non-hydrogen) atoms. The van der Waals surface area contributed by atoms with E-state index in [0.717, 1.165) is 9.88 Å². The van der Waals surface area contributed by atoms with E-state index in [1.54, 1.807) is 17.5 Å². The maximum absolute atomic E-state index is 11.6. The Bertz CT molecular complexity index is 373. The Balaban J connectivity index is 1.70. The van der Waals surface area contributed by atoms with Crippen molar-refractivity contribution in [3.8, 4) is 0 Å². The molecule has 0 aliphatic heterocycles. The topological polar surface area (TPSA) is 68.0 Å². The van der Waals surface area contributed by atoms with Gasteiger partial charge in [0.2, 0.25) is 5.91 Å². The van der Waals surface area contributed by atoms with E-state index in [0.29, 0.717) is 18.9 Å². The van der Waals surface area contributed by atoms with E-state index in [2.05, 4.69) is 10.3 Å². The molecule has 1 amide bonds. The van der Waals surface area contributed by atoms with Gasteiger partial charge in [-0.1, -0.05) is 0 Å². The first kappa shape index (κ1) is 11.5. The SMILES string of the molecule is Cc1ncc(CNC(=O)CC(N)C2CC2)s1. The molecule has 1 aromatic rings. The number of carbonyl (C=O) groups is 1. The van der Waals surface area contributed by atoms with Crippen LogP contribution < -0.4 is 11.1 Å². The van der Waals surface area contributed by atoms with Crippen molar-refractivity contribution in [3.63, 3.8) is 0 Å². The van der Waals surface area contributed by atoms with Crippen molar-refractivity contribution >= 4 is 17.2 Å². The average molecular weight is 239 g/mol. The summed E-state index contributed by atoms with van der Waals surface area (Å²) in [5.74, 6) is 0.627. The minimum absolute atomic E-state index is 0.0446. The highest BCUT2D eigenvalue weighted by Gasteiger charge is 2.29. The van der Waals surface area contributed by atoms with Crippen LogP contribution in [0.5, 0.6) is 0 Å². The highest BCUT2D eigenvalue weighted by Crippen LogP contribution is 2.32. The number of aryl methyl sites for hydroxylation is 1. The lowest BCUT2D eigenvalue weighted by atomic mass is 10.1. The molecule has 0 saturated heterocycles. The fraction of sp³-hybridized carbons (Fsp3) is 0.636. The van der Waals surface area contributed by atoms with Gasteiger partial charge in [0.25, 0.3) is 0 Å². The van der Waals surface area contributed by atoms with Crippen molar-refractivity contribution < 1.29 is 4.79 Å². The molecule has 1 aromatic heterocycles. The fourth-order valence-electron chi connectivity index (χ4n) is 1.65. The van der Waals surface area contributed by atoms with Gasteiger partial charge < -0.3 is 11.1 Å². The van der Waals surface area contributed by atoms with Crippen molar-refractivity contribution in [3.05, 3.63) is 16.1 Å². The van der Waals surface area contributed by atoms with Crippen molar-refractivity contribution in [2.75, 3.05) is 0 Å². The molecule has 0 bridgehead atoms. The summed E-state index contributed by atoms with van der Waals surface area (Å²) < 4.78 is 0. The third-order valence-corrected chi connectivity index (χ3v) is 3.69. The molecular weight excluding hydrogens is 222 g/mol. The molecule has 0 spiro atoms. The van der Waals surface area contributed by atoms with Gasteiger partial charge in [-0.15, -0.1) is 11.3 Å². The maximum Gasteiger partial charge on any atom is 0.221 e. The van der Waals surface area contributed by atoms with E-state index < -0.39 is 0 Å². The van der Waals surface area contributed by atoms with Crippen molar-refractivity contribution in [2.45, 2.75) is 38.8 Å². The summed E-state index contributed by atoms with van der Waals surface area (Å²) in [6.07, 6.45) is 4.62. The predicted octanol–water partition coefficient (Wildman–Crippen LogP) is 1.20. The lowest BCUT2D eigenvalue weighted by Gasteiger charge is -2.09. The zero-order chi connectivity index (χ0) is 11.5. The fourth-order valence-corrected chi connectivity index (χ4v) is 2.38. The monoisotopic (exact) mass is 239 g/mol. The van der Waals surface area contributed by atoms with Gasteiger partial charge in [-0.2, -0.15) is 0 Å². The number of thiazole rings is 1. The molecule has 1 atom stereocenters. The summed E-state index contributed by atoms with van der Waals surface area (Å²) in [6, 6.07) is 0.0446. The van der Waals surface area contributed by atoms with E-state index in [4.69, 9.17) is 5.73 Å². The molecular formula is C11H17N3OS. The first-order valence-corrected chi connectivity index (χ1v) is 6.40. The summed E-state index contributed by atoms with van der Waals surface area (Å²) in [6.45, 7) is 2.53. The standard InChI is InChI=1S/C11H17N3OS/c1-7-13-5-9(16-7)6-14-11(15)4-10(12)8-2-3-8/h5,8,10H,2-4,6,12H2,1H3,(H,14,15). The molecule has 1 saturated carbocycles. The van der Waals surface area contributed by atoms with Crippen LogP contribution in [0.15, 0.2) is 6.20 Å². The van der Waals surface area contributed by atoms with Gasteiger partial charge in [0.05, 0.1) is 11.6 Å². The number of nitrogens with zero attached hydrogens (tertiary/aromatic N) is 1. The van der Waals surface area contributed by atoms with Gasteiger partial charge in [-0.3, -0.25) is 4.79 Å². The zero-order valence-corrected chi connectivity index (χ0v) is 10.2. The Kier molecular flexibility index (Phi) is 3.56. The van der Waals surface area contributed by atoms with Crippen LogP contribution in [-0.4, -0.2) is 16.9 Å². The summed E-state index contributed by atoms with van der Waals surface area (Å²) >= 11 is 1.61. The quantitative estimate of drug-likeness (QED) is 0.811. The van der Waals surface area contributed by atoms with E-state index in [9.17, 15) is 4.79 Å². The van der Waals surface area contributed by atoms with Crippen LogP contribution in [0.1, 0.15) is 29.1 Å². The van der Waals surface area contributed by atoms with Gasteiger partial charge in [-0.05, 0) is 25.7 Å². The van der Waals surface area contributed by atoms with E-state index in [-0.39, 0.29) is 11.9 Å². The lowest BCUT2D eigenvalue weighted by molar-refractivity contribution is -0.121. The number of hydrogen-bond donors (Lipinski definition) is 2. The summed E-state index contributed by atoms with van der Waals surface area (Å²) in [4.78, 5) is 16.8. The molecule has 1 aliphatic rings. The molecule has 1 aliphatic carbocycles. The maximum atomic E-state index is 11.6. The average Bonchev–Trinajstić information content (AvgIpc) is 3.00. The highest BCUT2D eigenvalue weighted by molar-refractivity contribution is 7.11. The Hall–Kier alpha value is -0.940. The number of nitrogens with two attached hydrogens (primary N) is 1. The molecule has 1 heterocycles. The van der Waals surface area contributed by atoms with Crippen molar-refractivity contribution in [1.29, 1.82) is 0 Å². The second-order valence-corrected chi connectivity index (χ2v) is 5.65. The Morgan fingerprint density at radius 1 is 1.75 bits per heavy atom. The second-order valence-electron chi connectivity index (χ2n) is 4.33. The van der Waals surface area contributed by atoms with Crippen LogP contribution in [-0.2, 0) is 11.3 Å². The molecule has 5 heteroatoms. The highest BCUT2D eigenvalue weighted by atomic mass is 32.1. The Morgan fingerprint density at radius 3 is 3.06 bits per heavy atom. The first-order valence-electron chi connectivity index (χ1n) is 5.58. The van der Waals surface area contributed by atoms with Crippen LogP contribution in [0.4, 0.5) is 0 Å². The molecule has 3 N–H and O–H groups in total. The van der Waals surface area contributed by atoms with Crippen LogP contribution in [0.3, 0.4) is 0 Å². The molecule has 1 fully saturated rings. The minimum Gasteiger partial charge on any atom is -0.351 e. The normalized spacial score (nSPS) is 17.1. The summed E-state index contributed by atoms with van der Waals surface area (Å²) in [5.41, 5.74) is 5.88. The number of aromatic nitrogens is 1. The second kappa shape index (κ2) is 4.93. The van der Waals surface area contributed by atoms with Crippen molar-refractivity contribution in [1.82, 2.24) is 10.3 Å². The summed E-state index contributed by atoms with van der Waals surface area (Å²) in [7, 11) is 0. The van der Waals surface area contributed by atoms with Gasteiger partial charge in [0.1, 0.15) is 0 Å². The van der Waals surface area contributed by atoms with Crippen LogP contribution in [0.25, 0.3) is 0 Å². The van der Waals surface area contributed by atoms with Gasteiger partial charge in [0, 0.05) is 23.5 Å². The Morgan fingerprint density at radius 2 is 2.50 bits per heavy atom. The molecule has 4 nitrogen and oxygen atoms in total. The van der Waals surface area contributed by atoms with E-state index in [1.807, 2.05) is 6.92 Å². The number of rotatable bonds is 5. The predicted molar refractivity (Wildman–Crippen MR) is 64.0 cm³/mol. The van der Waals surface area contributed by atoms with Gasteiger partial charge >= 0.3 is 0 Å². The van der Waals surface area contributed by atoms with Crippen LogP contribution >= 0.6 is 11.3 Å². The number of nitrogens with one attached hydrogen (secondary N) is 1. The van der Waals surface area contributed by atoms with Gasteiger partial charge in [0.15, 0.2) is 0 Å². The van der Waals surface area contributed by atoms with E-state index in [1.165, 1.54) is 12.8 Å². The first-order chi connectivity index (χ1) is 7.65. The van der Waals surface area contributed by atoms with Crippen LogP contribution in [0, 0.1) is 12.8 Å². The Labute approximate surface area is 99.3 Å². The third-order valence-electron chi connectivity index (χ3n) is 2.78. The largest absolute Gasteiger partial charge is 0.351 e. The third kappa shape index (κ3) is 3.28. The van der Waals surface area contributed by atoms with Gasteiger partial charge in [-0.25, -0.2) is 4.98 Å². The molecule has 0 radical (unpaired) electrons. The molecule has 2 rings (SSSR count). The smallest absolute Gasteiger partial charge is 0.221 e. The zero-order valence-electron chi connectivity index (χ0n) is 9.40. The summed E-state index contributed by atoms with van der Waals surface area (Å²) in [5, 5.41) is 3.90. The molecule has 0 aromatic carbocycles.